The molecule has 0 aliphatic rings. The highest BCUT2D eigenvalue weighted by atomic mass is 16.6. The van der Waals surface area contributed by atoms with E-state index in [0.29, 0.717) is 13.2 Å². The summed E-state index contributed by atoms with van der Waals surface area (Å²) in [6, 6.07) is 0. The highest BCUT2D eigenvalue weighted by molar-refractivity contribution is 5.93. The van der Waals surface area contributed by atoms with Crippen molar-refractivity contribution in [2.75, 3.05) is 27.4 Å². The van der Waals surface area contributed by atoms with Gasteiger partial charge in [-0.15, -0.1) is 0 Å². The van der Waals surface area contributed by atoms with Gasteiger partial charge in [0.25, 0.3) is 0 Å². The first-order valence-corrected chi connectivity index (χ1v) is 9.90. The molecule has 0 radical (unpaired) electrons. The molecule has 26 heavy (non-hydrogen) atoms. The van der Waals surface area contributed by atoms with Crippen LogP contribution in [0.1, 0.15) is 79.1 Å². The maximum Gasteiger partial charge on any atom is 0.342 e. The van der Waals surface area contributed by atoms with Crippen LogP contribution in [0.4, 0.5) is 0 Å². The van der Waals surface area contributed by atoms with Gasteiger partial charge in [0.15, 0.2) is 0 Å². The summed E-state index contributed by atoms with van der Waals surface area (Å²) in [7, 11) is 2.81. The highest BCUT2D eigenvalue weighted by Gasteiger charge is 2.62. The van der Waals surface area contributed by atoms with Gasteiger partial charge in [-0.25, -0.2) is 9.59 Å². The fraction of sp³-hybridized carbons (Fsp3) is 0.900. The van der Waals surface area contributed by atoms with Crippen LogP contribution in [0.2, 0.25) is 0 Å². The lowest BCUT2D eigenvalue weighted by molar-refractivity contribution is -0.227. The first-order valence-electron chi connectivity index (χ1n) is 9.90. The fourth-order valence-corrected chi connectivity index (χ4v) is 3.24. The monoisotopic (exact) mass is 374 g/mol. The number of esters is 2. The molecule has 6 heteroatoms. The van der Waals surface area contributed by atoms with Gasteiger partial charge in [0.2, 0.25) is 11.2 Å². The number of carbonyl (C=O) groups excluding carboxylic acids is 2. The Morgan fingerprint density at radius 1 is 0.654 bits per heavy atom. The van der Waals surface area contributed by atoms with Gasteiger partial charge in [-0.1, -0.05) is 53.4 Å². The van der Waals surface area contributed by atoms with E-state index in [0.717, 1.165) is 38.5 Å². The standard InChI is InChI=1S/C20H38O6/c1-7-11-13-15-25-17(21)19(9-3,23-5)20(10-4,24-6)18(22)26-16-14-12-8-2/h7-16H2,1-6H3. The van der Waals surface area contributed by atoms with Crippen LogP contribution in [-0.2, 0) is 28.5 Å². The third kappa shape index (κ3) is 5.68. The molecule has 0 saturated carbocycles. The van der Waals surface area contributed by atoms with Gasteiger partial charge in [-0.3, -0.25) is 0 Å². The molecule has 0 heterocycles. The predicted molar refractivity (Wildman–Crippen MR) is 101 cm³/mol. The number of hydrogen-bond acceptors (Lipinski definition) is 6. The summed E-state index contributed by atoms with van der Waals surface area (Å²) in [5.74, 6) is -1.15. The molecule has 2 atom stereocenters. The zero-order valence-corrected chi connectivity index (χ0v) is 17.5. The minimum Gasteiger partial charge on any atom is -0.463 e. The molecule has 0 N–H and O–H groups in total. The summed E-state index contributed by atoms with van der Waals surface area (Å²) in [5, 5.41) is 0. The summed E-state index contributed by atoms with van der Waals surface area (Å²) in [6.45, 7) is 8.32. The first-order chi connectivity index (χ1) is 12.5. The Morgan fingerprint density at radius 3 is 1.23 bits per heavy atom. The molecule has 0 aromatic rings. The minimum absolute atomic E-state index is 0.238. The number of hydrogen-bond donors (Lipinski definition) is 0. The zero-order chi connectivity index (χ0) is 20.1. The second-order valence-electron chi connectivity index (χ2n) is 6.46. The zero-order valence-electron chi connectivity index (χ0n) is 17.5. The van der Waals surface area contributed by atoms with Gasteiger partial charge in [0, 0.05) is 14.2 Å². The molecule has 0 fully saturated rings. The Morgan fingerprint density at radius 2 is 1.00 bits per heavy atom. The van der Waals surface area contributed by atoms with Crippen LogP contribution in [0.3, 0.4) is 0 Å². The molecule has 0 aromatic heterocycles. The van der Waals surface area contributed by atoms with E-state index in [9.17, 15) is 9.59 Å². The van der Waals surface area contributed by atoms with Crippen LogP contribution in [0, 0.1) is 0 Å². The van der Waals surface area contributed by atoms with E-state index in [1.807, 2.05) is 0 Å². The average Bonchev–Trinajstić information content (AvgIpc) is 2.66. The Kier molecular flexibility index (Phi) is 12.5. The minimum atomic E-state index is -1.54. The van der Waals surface area contributed by atoms with Gasteiger partial charge in [-0.05, 0) is 25.7 Å². The summed E-state index contributed by atoms with van der Waals surface area (Å²) < 4.78 is 22.1. The van der Waals surface area contributed by atoms with Gasteiger partial charge >= 0.3 is 11.9 Å². The molecule has 0 aliphatic heterocycles. The fourth-order valence-electron chi connectivity index (χ4n) is 3.24. The van der Waals surface area contributed by atoms with Gasteiger partial charge in [-0.2, -0.15) is 0 Å². The molecule has 0 aromatic carbocycles. The molecule has 2 unspecified atom stereocenters. The van der Waals surface area contributed by atoms with Gasteiger partial charge in [0.1, 0.15) is 0 Å². The quantitative estimate of drug-likeness (QED) is 0.318. The average molecular weight is 375 g/mol. The smallest absolute Gasteiger partial charge is 0.342 e. The van der Waals surface area contributed by atoms with Crippen LogP contribution in [0.5, 0.6) is 0 Å². The third-order valence-corrected chi connectivity index (χ3v) is 4.97. The van der Waals surface area contributed by atoms with Crippen molar-refractivity contribution in [2.24, 2.45) is 0 Å². The topological polar surface area (TPSA) is 71.1 Å². The third-order valence-electron chi connectivity index (χ3n) is 4.97. The molecule has 0 saturated heterocycles. The van der Waals surface area contributed by atoms with Gasteiger partial charge in [0.05, 0.1) is 13.2 Å². The Hall–Kier alpha value is -1.14. The number of unbranched alkanes of at least 4 members (excludes halogenated alkanes) is 4. The van der Waals surface area contributed by atoms with E-state index >= 15 is 0 Å². The molecule has 0 aliphatic carbocycles. The van der Waals surface area contributed by atoms with E-state index in [-0.39, 0.29) is 12.8 Å². The van der Waals surface area contributed by atoms with Crippen molar-refractivity contribution in [3.8, 4) is 0 Å². The Labute approximate surface area is 158 Å². The molecule has 154 valence electrons. The molecular weight excluding hydrogens is 336 g/mol. The maximum absolute atomic E-state index is 12.9. The van der Waals surface area contributed by atoms with Crippen LogP contribution in [0.25, 0.3) is 0 Å². The Balaban J connectivity index is 5.45. The number of carbonyl (C=O) groups is 2. The van der Waals surface area contributed by atoms with E-state index in [1.165, 1.54) is 14.2 Å². The lowest BCUT2D eigenvalue weighted by Crippen LogP contribution is -2.66. The summed E-state index contributed by atoms with van der Waals surface area (Å²) in [4.78, 5) is 25.8. The van der Waals surface area contributed by atoms with E-state index in [2.05, 4.69) is 13.8 Å². The maximum atomic E-state index is 12.9. The van der Waals surface area contributed by atoms with Crippen molar-refractivity contribution in [1.29, 1.82) is 0 Å². The van der Waals surface area contributed by atoms with E-state index < -0.39 is 23.1 Å². The molecule has 0 bridgehead atoms. The van der Waals surface area contributed by atoms with Crippen molar-refractivity contribution in [1.82, 2.24) is 0 Å². The van der Waals surface area contributed by atoms with Crippen molar-refractivity contribution in [3.05, 3.63) is 0 Å². The van der Waals surface area contributed by atoms with Crippen LogP contribution in [-0.4, -0.2) is 50.6 Å². The molecule has 6 nitrogen and oxygen atoms in total. The normalized spacial score (nSPS) is 15.8. The van der Waals surface area contributed by atoms with Crippen LogP contribution < -0.4 is 0 Å². The lowest BCUT2D eigenvalue weighted by atomic mass is 9.78. The van der Waals surface area contributed by atoms with Crippen molar-refractivity contribution >= 4 is 11.9 Å². The molecular formula is C20H38O6. The van der Waals surface area contributed by atoms with E-state index in [4.69, 9.17) is 18.9 Å². The summed E-state index contributed by atoms with van der Waals surface area (Å²) in [5.41, 5.74) is -3.07. The predicted octanol–water partition coefficient (Wildman–Crippen LogP) is 4.04. The number of ether oxygens (including phenoxy) is 4. The summed E-state index contributed by atoms with van der Waals surface area (Å²) >= 11 is 0. The number of rotatable bonds is 15. The molecule has 0 amide bonds. The SMILES string of the molecule is CCCCCOC(=O)C(CC)(OC)C(CC)(OC)C(=O)OCCCCC. The van der Waals surface area contributed by atoms with Crippen LogP contribution in [0.15, 0.2) is 0 Å². The van der Waals surface area contributed by atoms with Crippen molar-refractivity contribution in [3.63, 3.8) is 0 Å². The Bertz CT molecular complexity index is 361. The van der Waals surface area contributed by atoms with Gasteiger partial charge < -0.3 is 18.9 Å². The molecule has 0 rings (SSSR count). The lowest BCUT2D eigenvalue weighted by Gasteiger charge is -2.43. The highest BCUT2D eigenvalue weighted by Crippen LogP contribution is 2.38. The first kappa shape index (κ1) is 24.9. The second-order valence-corrected chi connectivity index (χ2v) is 6.46. The second kappa shape index (κ2) is 13.1. The summed E-state index contributed by atoms with van der Waals surface area (Å²) in [6.07, 6.45) is 6.04. The van der Waals surface area contributed by atoms with Crippen molar-refractivity contribution in [2.45, 2.75) is 90.3 Å². The van der Waals surface area contributed by atoms with Crippen molar-refractivity contribution < 1.29 is 28.5 Å². The van der Waals surface area contributed by atoms with E-state index in [1.54, 1.807) is 13.8 Å². The largest absolute Gasteiger partial charge is 0.463 e. The molecule has 0 spiro atoms. The van der Waals surface area contributed by atoms with Crippen LogP contribution >= 0.6 is 0 Å². The number of methoxy groups -OCH3 is 2.